The molecule has 0 aliphatic rings. The molecule has 0 aromatic heterocycles. The third-order valence-corrected chi connectivity index (χ3v) is 4.03. The number of hydrogen-bond acceptors (Lipinski definition) is 3. The summed E-state index contributed by atoms with van der Waals surface area (Å²) >= 11 is 0. The maximum absolute atomic E-state index is 13.2. The van der Waals surface area contributed by atoms with Gasteiger partial charge in [-0.05, 0) is 42.7 Å². The highest BCUT2D eigenvalue weighted by Crippen LogP contribution is 2.20. The predicted molar refractivity (Wildman–Crippen MR) is 107 cm³/mol. The fourth-order valence-corrected chi connectivity index (χ4v) is 2.59. The van der Waals surface area contributed by atoms with Crippen molar-refractivity contribution in [3.8, 4) is 5.75 Å². The zero-order chi connectivity index (χ0) is 19.5. The number of guanidine groups is 1. The highest BCUT2D eigenvalue weighted by atomic mass is 19.1. The van der Waals surface area contributed by atoms with Crippen LogP contribution in [0.2, 0.25) is 0 Å². The van der Waals surface area contributed by atoms with Crippen molar-refractivity contribution in [3.05, 3.63) is 65.0 Å². The monoisotopic (exact) mass is 373 g/mol. The Labute approximate surface area is 160 Å². The molecule has 0 radical (unpaired) electrons. The quantitative estimate of drug-likeness (QED) is 0.403. The van der Waals surface area contributed by atoms with Gasteiger partial charge in [-0.2, -0.15) is 0 Å². The number of methoxy groups -OCH3 is 1. The SMILES string of the molecule is CN=C(NCCc1cccc(F)c1)NCc1ccc(C)cc1OCCOC. The maximum atomic E-state index is 13.2. The van der Waals surface area contributed by atoms with Crippen LogP contribution in [-0.4, -0.2) is 39.9 Å². The molecule has 2 rings (SSSR count). The van der Waals surface area contributed by atoms with Crippen molar-refractivity contribution in [2.45, 2.75) is 19.9 Å². The molecule has 0 heterocycles. The molecule has 27 heavy (non-hydrogen) atoms. The lowest BCUT2D eigenvalue weighted by Crippen LogP contribution is -2.38. The molecule has 0 amide bonds. The molecule has 0 fully saturated rings. The van der Waals surface area contributed by atoms with Crippen LogP contribution in [0.4, 0.5) is 4.39 Å². The van der Waals surface area contributed by atoms with Crippen LogP contribution in [0, 0.1) is 12.7 Å². The van der Waals surface area contributed by atoms with Gasteiger partial charge in [0, 0.05) is 32.8 Å². The zero-order valence-electron chi connectivity index (χ0n) is 16.2. The Morgan fingerprint density at radius 2 is 1.96 bits per heavy atom. The third-order valence-electron chi connectivity index (χ3n) is 4.03. The highest BCUT2D eigenvalue weighted by molar-refractivity contribution is 5.79. The van der Waals surface area contributed by atoms with Crippen molar-refractivity contribution in [1.29, 1.82) is 0 Å². The molecular formula is C21H28FN3O2. The summed E-state index contributed by atoms with van der Waals surface area (Å²) in [5.41, 5.74) is 3.14. The van der Waals surface area contributed by atoms with Crippen LogP contribution in [0.3, 0.4) is 0 Å². The van der Waals surface area contributed by atoms with E-state index in [0.29, 0.717) is 38.7 Å². The fraction of sp³-hybridized carbons (Fsp3) is 0.381. The summed E-state index contributed by atoms with van der Waals surface area (Å²) in [6, 6.07) is 12.8. The summed E-state index contributed by atoms with van der Waals surface area (Å²) in [6.07, 6.45) is 0.717. The first kappa shape index (κ1) is 20.7. The van der Waals surface area contributed by atoms with Crippen molar-refractivity contribution in [1.82, 2.24) is 10.6 Å². The van der Waals surface area contributed by atoms with E-state index in [2.05, 4.69) is 21.7 Å². The Bertz CT molecular complexity index is 750. The Morgan fingerprint density at radius 3 is 2.70 bits per heavy atom. The molecule has 5 nitrogen and oxygen atoms in total. The standard InChI is InChI=1S/C21H28FN3O2/c1-16-7-8-18(20(13-16)27-12-11-26-3)15-25-21(23-2)24-10-9-17-5-4-6-19(22)14-17/h4-8,13-14H,9-12,15H2,1-3H3,(H2,23,24,25). The van der Waals surface area contributed by atoms with Gasteiger partial charge in [-0.1, -0.05) is 24.3 Å². The normalized spacial score (nSPS) is 11.3. The number of nitrogens with one attached hydrogen (secondary N) is 2. The van der Waals surface area contributed by atoms with Crippen LogP contribution >= 0.6 is 0 Å². The average molecular weight is 373 g/mol. The van der Waals surface area contributed by atoms with Gasteiger partial charge in [0.25, 0.3) is 0 Å². The molecule has 146 valence electrons. The molecule has 0 saturated heterocycles. The second-order valence-electron chi connectivity index (χ2n) is 6.18. The first-order chi connectivity index (χ1) is 13.1. The maximum Gasteiger partial charge on any atom is 0.191 e. The topological polar surface area (TPSA) is 54.9 Å². The summed E-state index contributed by atoms with van der Waals surface area (Å²) in [5, 5.41) is 6.53. The van der Waals surface area contributed by atoms with Gasteiger partial charge >= 0.3 is 0 Å². The number of rotatable bonds is 9. The summed E-state index contributed by atoms with van der Waals surface area (Å²) in [7, 11) is 3.38. The van der Waals surface area contributed by atoms with E-state index in [1.54, 1.807) is 26.3 Å². The van der Waals surface area contributed by atoms with Crippen LogP contribution < -0.4 is 15.4 Å². The minimum atomic E-state index is -0.213. The summed E-state index contributed by atoms with van der Waals surface area (Å²) in [6.45, 7) is 4.33. The van der Waals surface area contributed by atoms with Crippen LogP contribution in [0.15, 0.2) is 47.5 Å². The Morgan fingerprint density at radius 1 is 1.11 bits per heavy atom. The van der Waals surface area contributed by atoms with Gasteiger partial charge in [0.2, 0.25) is 0 Å². The zero-order valence-corrected chi connectivity index (χ0v) is 16.2. The minimum Gasteiger partial charge on any atom is -0.491 e. The van der Waals surface area contributed by atoms with Crippen LogP contribution in [-0.2, 0) is 17.7 Å². The fourth-order valence-electron chi connectivity index (χ4n) is 2.59. The van der Waals surface area contributed by atoms with Crippen molar-refractivity contribution in [2.24, 2.45) is 4.99 Å². The lowest BCUT2D eigenvalue weighted by atomic mass is 10.1. The van der Waals surface area contributed by atoms with Gasteiger partial charge in [-0.15, -0.1) is 0 Å². The largest absolute Gasteiger partial charge is 0.491 e. The third kappa shape index (κ3) is 7.27. The first-order valence-electron chi connectivity index (χ1n) is 9.02. The Balaban J connectivity index is 1.86. The lowest BCUT2D eigenvalue weighted by Gasteiger charge is -2.15. The van der Waals surface area contributed by atoms with E-state index < -0.39 is 0 Å². The van der Waals surface area contributed by atoms with Gasteiger partial charge < -0.3 is 20.1 Å². The van der Waals surface area contributed by atoms with E-state index in [9.17, 15) is 4.39 Å². The van der Waals surface area contributed by atoms with Crippen molar-refractivity contribution >= 4 is 5.96 Å². The molecule has 0 atom stereocenters. The molecule has 2 aromatic rings. The van der Waals surface area contributed by atoms with Crippen molar-refractivity contribution < 1.29 is 13.9 Å². The number of hydrogen-bond donors (Lipinski definition) is 2. The number of nitrogens with zero attached hydrogens (tertiary/aromatic N) is 1. The van der Waals surface area contributed by atoms with Crippen LogP contribution in [0.5, 0.6) is 5.75 Å². The molecule has 2 N–H and O–H groups in total. The molecule has 0 spiro atoms. The predicted octanol–water partition coefficient (Wildman–Crippen LogP) is 3.07. The molecule has 0 saturated carbocycles. The van der Waals surface area contributed by atoms with Gasteiger partial charge in [-0.3, -0.25) is 4.99 Å². The van der Waals surface area contributed by atoms with Crippen LogP contribution in [0.25, 0.3) is 0 Å². The van der Waals surface area contributed by atoms with E-state index in [4.69, 9.17) is 9.47 Å². The number of benzene rings is 2. The number of ether oxygens (including phenoxy) is 2. The number of aliphatic imine (C=N–C) groups is 1. The van der Waals surface area contributed by atoms with Crippen molar-refractivity contribution in [2.75, 3.05) is 33.9 Å². The molecule has 0 bridgehead atoms. The second-order valence-corrected chi connectivity index (χ2v) is 6.18. The van der Waals surface area contributed by atoms with Crippen LogP contribution in [0.1, 0.15) is 16.7 Å². The average Bonchev–Trinajstić information content (AvgIpc) is 2.66. The summed E-state index contributed by atoms with van der Waals surface area (Å²) < 4.78 is 24.1. The van der Waals surface area contributed by atoms with Gasteiger partial charge in [0.05, 0.1) is 6.61 Å². The lowest BCUT2D eigenvalue weighted by molar-refractivity contribution is 0.145. The molecule has 0 aliphatic carbocycles. The molecule has 0 aliphatic heterocycles. The molecular weight excluding hydrogens is 345 g/mol. The Kier molecular flexibility index (Phi) is 8.58. The van der Waals surface area contributed by atoms with Crippen molar-refractivity contribution in [3.63, 3.8) is 0 Å². The smallest absolute Gasteiger partial charge is 0.191 e. The van der Waals surface area contributed by atoms with Gasteiger partial charge in [0.15, 0.2) is 5.96 Å². The minimum absolute atomic E-state index is 0.213. The van der Waals surface area contributed by atoms with Gasteiger partial charge in [0.1, 0.15) is 18.2 Å². The van der Waals surface area contributed by atoms with E-state index in [1.165, 1.54) is 6.07 Å². The highest BCUT2D eigenvalue weighted by Gasteiger charge is 2.06. The molecule has 0 unspecified atom stereocenters. The summed E-state index contributed by atoms with van der Waals surface area (Å²) in [5.74, 6) is 1.32. The molecule has 2 aromatic carbocycles. The van der Waals surface area contributed by atoms with E-state index in [0.717, 1.165) is 22.4 Å². The van der Waals surface area contributed by atoms with E-state index in [-0.39, 0.29) is 5.82 Å². The first-order valence-corrected chi connectivity index (χ1v) is 9.02. The summed E-state index contributed by atoms with van der Waals surface area (Å²) in [4.78, 5) is 4.23. The second kappa shape index (κ2) is 11.2. The van der Waals surface area contributed by atoms with Gasteiger partial charge in [-0.25, -0.2) is 4.39 Å². The molecule has 6 heteroatoms. The number of halogens is 1. The number of aryl methyl sites for hydroxylation is 1. The van der Waals surface area contributed by atoms with E-state index in [1.807, 2.05) is 25.1 Å². The van der Waals surface area contributed by atoms with E-state index >= 15 is 0 Å². The Hall–Kier alpha value is -2.60.